The first-order chi connectivity index (χ1) is 9.86. The molecule has 0 aliphatic rings. The molecule has 0 aliphatic heterocycles. The number of pyridine rings is 1. The number of nitrogens with zero attached hydrogens (tertiary/aromatic N) is 2. The number of hydrogen-bond donors (Lipinski definition) is 1. The Labute approximate surface area is 128 Å². The van der Waals surface area contributed by atoms with E-state index >= 15 is 0 Å². The van der Waals surface area contributed by atoms with Crippen molar-refractivity contribution >= 4 is 31.6 Å². The van der Waals surface area contributed by atoms with E-state index in [1.54, 1.807) is 22.7 Å². The molecule has 3 aromatic rings. The van der Waals surface area contributed by atoms with Crippen LogP contribution >= 0.6 is 15.9 Å². The molecule has 0 fully saturated rings. The number of nitrogens with two attached hydrogens (primary N) is 1. The minimum atomic E-state index is -3.78. The fraction of sp³-hybridized carbons (Fsp3) is 0. The molecule has 1 aromatic carbocycles. The van der Waals surface area contributed by atoms with E-state index in [9.17, 15) is 12.8 Å². The van der Waals surface area contributed by atoms with Crippen molar-refractivity contribution in [3.05, 3.63) is 53.0 Å². The smallest absolute Gasteiger partial charge is 0.238 e. The van der Waals surface area contributed by atoms with Crippen LogP contribution in [0.3, 0.4) is 0 Å². The summed E-state index contributed by atoms with van der Waals surface area (Å²) in [6.07, 6.45) is 3.08. The summed E-state index contributed by atoms with van der Waals surface area (Å²) in [7, 11) is -3.78. The predicted molar refractivity (Wildman–Crippen MR) is 79.7 cm³/mol. The topological polar surface area (TPSA) is 77.5 Å². The van der Waals surface area contributed by atoms with Gasteiger partial charge in [0.1, 0.15) is 11.5 Å². The Bertz CT molecular complexity index is 953. The van der Waals surface area contributed by atoms with E-state index in [2.05, 4.69) is 20.9 Å². The number of rotatable bonds is 2. The Hall–Kier alpha value is -1.77. The molecule has 21 heavy (non-hydrogen) atoms. The standard InChI is InChI=1S/C13H9BrFN3O2S/c14-10-7-18-12(6-17-13(18)5-11(10)15)8-2-1-3-9(4-8)21(16,19)20/h1-7H,(H2,16,19,20). The quantitative estimate of drug-likeness (QED) is 0.753. The number of aromatic nitrogens is 2. The van der Waals surface area contributed by atoms with Crippen molar-refractivity contribution in [2.45, 2.75) is 4.90 Å². The molecule has 3 rings (SSSR count). The highest BCUT2D eigenvalue weighted by Gasteiger charge is 2.12. The highest BCUT2D eigenvalue weighted by molar-refractivity contribution is 9.10. The monoisotopic (exact) mass is 369 g/mol. The highest BCUT2D eigenvalue weighted by Crippen LogP contribution is 2.25. The Morgan fingerprint density at radius 3 is 2.76 bits per heavy atom. The van der Waals surface area contributed by atoms with Gasteiger partial charge in [0.05, 0.1) is 21.3 Å². The lowest BCUT2D eigenvalue weighted by Gasteiger charge is -2.05. The molecule has 0 saturated carbocycles. The lowest BCUT2D eigenvalue weighted by molar-refractivity contribution is 0.598. The van der Waals surface area contributed by atoms with Gasteiger partial charge in [0.2, 0.25) is 10.0 Å². The van der Waals surface area contributed by atoms with Crippen molar-refractivity contribution in [1.29, 1.82) is 0 Å². The van der Waals surface area contributed by atoms with Crippen LogP contribution in [-0.4, -0.2) is 17.8 Å². The molecule has 2 N–H and O–H groups in total. The number of halogens is 2. The Kier molecular flexibility index (Phi) is 3.31. The second-order valence-electron chi connectivity index (χ2n) is 4.41. The third kappa shape index (κ3) is 2.57. The summed E-state index contributed by atoms with van der Waals surface area (Å²) < 4.78 is 38.3. The lowest BCUT2D eigenvalue weighted by Crippen LogP contribution is -2.12. The van der Waals surface area contributed by atoms with Gasteiger partial charge in [-0.25, -0.2) is 22.9 Å². The molecule has 2 aromatic heterocycles. The SMILES string of the molecule is NS(=O)(=O)c1cccc(-c2cnc3cc(F)c(Br)cn23)c1. The summed E-state index contributed by atoms with van der Waals surface area (Å²) in [5.41, 5.74) is 1.68. The van der Waals surface area contributed by atoms with E-state index in [4.69, 9.17) is 5.14 Å². The van der Waals surface area contributed by atoms with Gasteiger partial charge >= 0.3 is 0 Å². The summed E-state index contributed by atoms with van der Waals surface area (Å²) in [5.74, 6) is -0.419. The molecule has 0 radical (unpaired) electrons. The summed E-state index contributed by atoms with van der Waals surface area (Å²) >= 11 is 3.11. The van der Waals surface area contributed by atoms with Crippen LogP contribution in [0.25, 0.3) is 16.9 Å². The van der Waals surface area contributed by atoms with Crippen molar-refractivity contribution in [3.8, 4) is 11.3 Å². The molecule has 0 spiro atoms. The first kappa shape index (κ1) is 14.2. The Balaban J connectivity index is 2.24. The van der Waals surface area contributed by atoms with Gasteiger partial charge < -0.3 is 0 Å². The normalized spacial score (nSPS) is 12.0. The molecule has 108 valence electrons. The molecule has 0 atom stereocenters. The van der Waals surface area contributed by atoms with E-state index < -0.39 is 15.8 Å². The van der Waals surface area contributed by atoms with Gasteiger partial charge in [-0.15, -0.1) is 0 Å². The fourth-order valence-corrected chi connectivity index (χ4v) is 2.90. The zero-order valence-electron chi connectivity index (χ0n) is 10.5. The van der Waals surface area contributed by atoms with Crippen molar-refractivity contribution in [2.24, 2.45) is 5.14 Å². The second kappa shape index (κ2) is 4.90. The van der Waals surface area contributed by atoms with E-state index in [1.165, 1.54) is 24.4 Å². The predicted octanol–water partition coefficient (Wildman–Crippen LogP) is 2.55. The number of benzene rings is 1. The molecule has 0 bridgehead atoms. The molecule has 0 unspecified atom stereocenters. The second-order valence-corrected chi connectivity index (χ2v) is 6.83. The van der Waals surface area contributed by atoms with Crippen LogP contribution < -0.4 is 5.14 Å². The van der Waals surface area contributed by atoms with Crippen molar-refractivity contribution in [3.63, 3.8) is 0 Å². The molecule has 0 aliphatic carbocycles. The highest BCUT2D eigenvalue weighted by atomic mass is 79.9. The van der Waals surface area contributed by atoms with Gasteiger partial charge in [-0.2, -0.15) is 0 Å². The van der Waals surface area contributed by atoms with E-state index in [1.807, 2.05) is 0 Å². The van der Waals surface area contributed by atoms with Crippen molar-refractivity contribution in [2.75, 3.05) is 0 Å². The van der Waals surface area contributed by atoms with Gasteiger partial charge in [0.25, 0.3) is 0 Å². The maximum absolute atomic E-state index is 13.5. The molecule has 8 heteroatoms. The van der Waals surface area contributed by atoms with Gasteiger partial charge in [0.15, 0.2) is 0 Å². The van der Waals surface area contributed by atoms with Crippen LogP contribution in [-0.2, 0) is 10.0 Å². The number of hydrogen-bond acceptors (Lipinski definition) is 3. The number of imidazole rings is 1. The van der Waals surface area contributed by atoms with Crippen LogP contribution in [0.4, 0.5) is 4.39 Å². The molecular weight excluding hydrogens is 361 g/mol. The fourth-order valence-electron chi connectivity index (χ4n) is 2.02. The van der Waals surface area contributed by atoms with Gasteiger partial charge in [0, 0.05) is 17.8 Å². The minimum Gasteiger partial charge on any atom is -0.298 e. The Morgan fingerprint density at radius 2 is 2.05 bits per heavy atom. The van der Waals surface area contributed by atoms with Crippen LogP contribution in [0.2, 0.25) is 0 Å². The lowest BCUT2D eigenvalue weighted by atomic mass is 10.2. The average Bonchev–Trinajstić information content (AvgIpc) is 2.81. The maximum atomic E-state index is 13.5. The van der Waals surface area contributed by atoms with Gasteiger partial charge in [-0.1, -0.05) is 12.1 Å². The van der Waals surface area contributed by atoms with E-state index in [-0.39, 0.29) is 9.37 Å². The molecule has 0 saturated heterocycles. The number of sulfonamides is 1. The van der Waals surface area contributed by atoms with Crippen molar-refractivity contribution in [1.82, 2.24) is 9.38 Å². The van der Waals surface area contributed by atoms with Gasteiger partial charge in [-0.05, 0) is 28.1 Å². The molecular formula is C13H9BrFN3O2S. The zero-order chi connectivity index (χ0) is 15.2. The van der Waals surface area contributed by atoms with Crippen LogP contribution in [0.1, 0.15) is 0 Å². The first-order valence-corrected chi connectivity index (χ1v) is 8.15. The molecule has 0 amide bonds. The summed E-state index contributed by atoms with van der Waals surface area (Å²) in [5, 5.41) is 5.13. The number of fused-ring (bicyclic) bond motifs is 1. The van der Waals surface area contributed by atoms with Crippen LogP contribution in [0, 0.1) is 5.82 Å². The largest absolute Gasteiger partial charge is 0.298 e. The first-order valence-electron chi connectivity index (χ1n) is 5.81. The van der Waals surface area contributed by atoms with Crippen LogP contribution in [0.15, 0.2) is 52.1 Å². The molecule has 2 heterocycles. The average molecular weight is 370 g/mol. The maximum Gasteiger partial charge on any atom is 0.238 e. The third-order valence-electron chi connectivity index (χ3n) is 3.01. The molecule has 5 nitrogen and oxygen atoms in total. The van der Waals surface area contributed by atoms with Gasteiger partial charge in [-0.3, -0.25) is 4.40 Å². The van der Waals surface area contributed by atoms with E-state index in [0.29, 0.717) is 16.9 Å². The van der Waals surface area contributed by atoms with Crippen LogP contribution in [0.5, 0.6) is 0 Å². The summed E-state index contributed by atoms with van der Waals surface area (Å²) in [6.45, 7) is 0. The number of primary sulfonamides is 1. The zero-order valence-corrected chi connectivity index (χ0v) is 12.9. The Morgan fingerprint density at radius 1 is 1.29 bits per heavy atom. The summed E-state index contributed by atoms with van der Waals surface area (Å²) in [6, 6.07) is 7.48. The summed E-state index contributed by atoms with van der Waals surface area (Å²) in [4.78, 5) is 4.12. The van der Waals surface area contributed by atoms with E-state index in [0.717, 1.165) is 0 Å². The van der Waals surface area contributed by atoms with Crippen molar-refractivity contribution < 1.29 is 12.8 Å². The minimum absolute atomic E-state index is 0.0103. The third-order valence-corrected chi connectivity index (χ3v) is 4.50.